The average Bonchev–Trinajstić information content (AvgIpc) is 2.91. The van der Waals surface area contributed by atoms with Gasteiger partial charge in [0.2, 0.25) is 5.91 Å². The second-order valence-electron chi connectivity index (χ2n) is 3.75. The second-order valence-corrected chi connectivity index (χ2v) is 4.75. The summed E-state index contributed by atoms with van der Waals surface area (Å²) in [6.07, 6.45) is 1.94. The molecule has 0 aliphatic heterocycles. The molecule has 1 saturated carbocycles. The molecule has 1 N–H and O–H groups in total. The van der Waals surface area contributed by atoms with Gasteiger partial charge in [0.05, 0.1) is 10.6 Å². The van der Waals surface area contributed by atoms with Gasteiger partial charge in [-0.2, -0.15) is 0 Å². The number of Topliss-reactive ketones (excluding diaryl/α,β-unsaturated/α-hetero) is 1. The molecule has 0 atom stereocenters. The lowest BCUT2D eigenvalue weighted by Crippen LogP contribution is -2.12. The zero-order valence-electron chi connectivity index (χ0n) is 8.66. The summed E-state index contributed by atoms with van der Waals surface area (Å²) in [6.45, 7) is 3.28. The summed E-state index contributed by atoms with van der Waals surface area (Å²) in [5, 5.41) is 3.27. The monoisotopic (exact) mass is 224 g/mol. The van der Waals surface area contributed by atoms with E-state index >= 15 is 0 Å². The van der Waals surface area contributed by atoms with Crippen LogP contribution in [0.15, 0.2) is 0 Å². The number of hydrogen-bond donors (Lipinski definition) is 1. The van der Waals surface area contributed by atoms with Crippen LogP contribution in [0, 0.1) is 12.8 Å². The number of carbonyl (C=O) groups is 2. The lowest BCUT2D eigenvalue weighted by Gasteiger charge is -1.96. The SMILES string of the molecule is CC(=O)c1sc(NC(=O)C2CC2)nc1C. The molecule has 15 heavy (non-hydrogen) atoms. The Morgan fingerprint density at radius 2 is 2.13 bits per heavy atom. The summed E-state index contributed by atoms with van der Waals surface area (Å²) < 4.78 is 0. The van der Waals surface area contributed by atoms with Crippen LogP contribution in [0.5, 0.6) is 0 Å². The van der Waals surface area contributed by atoms with E-state index in [1.54, 1.807) is 6.92 Å². The first-order valence-electron chi connectivity index (χ1n) is 4.87. The molecule has 2 rings (SSSR count). The van der Waals surface area contributed by atoms with Crippen LogP contribution in [0.3, 0.4) is 0 Å². The van der Waals surface area contributed by atoms with Crippen molar-refractivity contribution in [1.82, 2.24) is 4.98 Å². The molecule has 0 bridgehead atoms. The average molecular weight is 224 g/mol. The number of carbonyl (C=O) groups excluding carboxylic acids is 2. The highest BCUT2D eigenvalue weighted by molar-refractivity contribution is 7.17. The minimum Gasteiger partial charge on any atom is -0.302 e. The molecule has 0 unspecified atom stereocenters. The molecule has 1 amide bonds. The standard InChI is InChI=1S/C10H12N2O2S/c1-5-8(6(2)13)15-10(11-5)12-9(14)7-3-4-7/h7H,3-4H2,1-2H3,(H,11,12,14). The molecular weight excluding hydrogens is 212 g/mol. The summed E-state index contributed by atoms with van der Waals surface area (Å²) in [5.41, 5.74) is 0.693. The van der Waals surface area contributed by atoms with Crippen molar-refractivity contribution in [3.05, 3.63) is 10.6 Å². The van der Waals surface area contributed by atoms with Gasteiger partial charge in [-0.1, -0.05) is 11.3 Å². The van der Waals surface area contributed by atoms with E-state index < -0.39 is 0 Å². The fourth-order valence-corrected chi connectivity index (χ4v) is 2.19. The topological polar surface area (TPSA) is 59.1 Å². The number of aryl methyl sites for hydroxylation is 1. The molecule has 1 aromatic heterocycles. The molecule has 0 aromatic carbocycles. The van der Waals surface area contributed by atoms with Crippen LogP contribution < -0.4 is 5.32 Å². The maximum atomic E-state index is 11.4. The van der Waals surface area contributed by atoms with Crippen molar-refractivity contribution in [3.8, 4) is 0 Å². The molecule has 1 aromatic rings. The van der Waals surface area contributed by atoms with Gasteiger partial charge in [0, 0.05) is 12.8 Å². The summed E-state index contributed by atoms with van der Waals surface area (Å²) >= 11 is 1.25. The van der Waals surface area contributed by atoms with Gasteiger partial charge in [-0.15, -0.1) is 0 Å². The smallest absolute Gasteiger partial charge is 0.229 e. The number of anilines is 1. The first-order chi connectivity index (χ1) is 7.08. The van der Waals surface area contributed by atoms with Crippen LogP contribution in [0.4, 0.5) is 5.13 Å². The Hall–Kier alpha value is -1.23. The second kappa shape index (κ2) is 3.73. The normalized spacial score (nSPS) is 15.1. The maximum Gasteiger partial charge on any atom is 0.229 e. The van der Waals surface area contributed by atoms with E-state index in [1.807, 2.05) is 0 Å². The Morgan fingerprint density at radius 3 is 2.60 bits per heavy atom. The summed E-state index contributed by atoms with van der Waals surface area (Å²) in [7, 11) is 0. The van der Waals surface area contributed by atoms with Crippen LogP contribution in [-0.2, 0) is 4.79 Å². The largest absolute Gasteiger partial charge is 0.302 e. The van der Waals surface area contributed by atoms with Crippen LogP contribution >= 0.6 is 11.3 Å². The van der Waals surface area contributed by atoms with Gasteiger partial charge in [0.1, 0.15) is 0 Å². The molecule has 1 aliphatic carbocycles. The molecule has 0 saturated heterocycles. The van der Waals surface area contributed by atoms with Gasteiger partial charge in [-0.25, -0.2) is 4.98 Å². The number of aromatic nitrogens is 1. The number of nitrogens with zero attached hydrogens (tertiary/aromatic N) is 1. The first kappa shape index (κ1) is 10.3. The fraction of sp³-hybridized carbons (Fsp3) is 0.500. The predicted molar refractivity (Wildman–Crippen MR) is 58.2 cm³/mol. The van der Waals surface area contributed by atoms with E-state index in [2.05, 4.69) is 10.3 Å². The molecule has 0 radical (unpaired) electrons. The zero-order valence-corrected chi connectivity index (χ0v) is 9.48. The van der Waals surface area contributed by atoms with Crippen molar-refractivity contribution in [2.45, 2.75) is 26.7 Å². The number of nitrogens with one attached hydrogen (secondary N) is 1. The lowest BCUT2D eigenvalue weighted by molar-refractivity contribution is -0.117. The Bertz CT molecular complexity index is 421. The highest BCUT2D eigenvalue weighted by Crippen LogP contribution is 2.31. The third-order valence-electron chi connectivity index (χ3n) is 2.29. The zero-order chi connectivity index (χ0) is 11.0. The summed E-state index contributed by atoms with van der Waals surface area (Å²) in [6, 6.07) is 0. The van der Waals surface area contributed by atoms with Gasteiger partial charge in [0.25, 0.3) is 0 Å². The number of thiazole rings is 1. The first-order valence-corrected chi connectivity index (χ1v) is 5.69. The Morgan fingerprint density at radius 1 is 1.47 bits per heavy atom. The molecule has 1 fully saturated rings. The fourth-order valence-electron chi connectivity index (χ4n) is 1.33. The van der Waals surface area contributed by atoms with Gasteiger partial charge in [-0.05, 0) is 19.8 Å². The molecule has 4 nitrogen and oxygen atoms in total. The van der Waals surface area contributed by atoms with Gasteiger partial charge >= 0.3 is 0 Å². The van der Waals surface area contributed by atoms with Crippen LogP contribution in [-0.4, -0.2) is 16.7 Å². The van der Waals surface area contributed by atoms with E-state index in [-0.39, 0.29) is 17.6 Å². The van der Waals surface area contributed by atoms with Crippen molar-refractivity contribution in [1.29, 1.82) is 0 Å². The number of rotatable bonds is 3. The Balaban J connectivity index is 2.11. The highest BCUT2D eigenvalue weighted by Gasteiger charge is 2.30. The van der Waals surface area contributed by atoms with E-state index in [4.69, 9.17) is 0 Å². The van der Waals surface area contributed by atoms with Gasteiger partial charge < -0.3 is 5.32 Å². The lowest BCUT2D eigenvalue weighted by atomic mass is 10.3. The van der Waals surface area contributed by atoms with Crippen molar-refractivity contribution < 1.29 is 9.59 Å². The molecule has 1 aliphatic rings. The molecule has 5 heteroatoms. The van der Waals surface area contributed by atoms with Crippen LogP contribution in [0.2, 0.25) is 0 Å². The molecular formula is C10H12N2O2S. The molecule has 0 spiro atoms. The number of hydrogen-bond acceptors (Lipinski definition) is 4. The summed E-state index contributed by atoms with van der Waals surface area (Å²) in [5.74, 6) is 0.186. The van der Waals surface area contributed by atoms with E-state index in [9.17, 15) is 9.59 Å². The third-order valence-corrected chi connectivity index (χ3v) is 3.47. The number of ketones is 1. The van der Waals surface area contributed by atoms with Crippen LogP contribution in [0.1, 0.15) is 35.1 Å². The minimum absolute atomic E-state index is 0.00285. The summed E-state index contributed by atoms with van der Waals surface area (Å²) in [4.78, 5) is 27.4. The van der Waals surface area contributed by atoms with Crippen molar-refractivity contribution >= 4 is 28.2 Å². The highest BCUT2D eigenvalue weighted by atomic mass is 32.1. The predicted octanol–water partition coefficient (Wildman–Crippen LogP) is 2.00. The van der Waals surface area contributed by atoms with E-state index in [0.29, 0.717) is 15.7 Å². The molecule has 1 heterocycles. The maximum absolute atomic E-state index is 11.4. The molecule has 80 valence electrons. The van der Waals surface area contributed by atoms with Crippen molar-refractivity contribution in [2.24, 2.45) is 5.92 Å². The van der Waals surface area contributed by atoms with E-state index in [0.717, 1.165) is 12.8 Å². The van der Waals surface area contributed by atoms with Gasteiger partial charge in [0.15, 0.2) is 10.9 Å². The Labute approximate surface area is 91.7 Å². The van der Waals surface area contributed by atoms with Gasteiger partial charge in [-0.3, -0.25) is 9.59 Å². The van der Waals surface area contributed by atoms with Crippen molar-refractivity contribution in [2.75, 3.05) is 5.32 Å². The minimum atomic E-state index is -0.00285. The number of amides is 1. The van der Waals surface area contributed by atoms with E-state index in [1.165, 1.54) is 18.3 Å². The van der Waals surface area contributed by atoms with Crippen molar-refractivity contribution in [3.63, 3.8) is 0 Å². The van der Waals surface area contributed by atoms with Crippen LogP contribution in [0.25, 0.3) is 0 Å². The third kappa shape index (κ3) is 2.23. The Kier molecular flexibility index (Phi) is 2.56. The quantitative estimate of drug-likeness (QED) is 0.799.